The summed E-state index contributed by atoms with van der Waals surface area (Å²) in [6.07, 6.45) is 7.96. The summed E-state index contributed by atoms with van der Waals surface area (Å²) in [6.45, 7) is 5.01. The molecule has 0 aliphatic heterocycles. The molecule has 1 aromatic rings. The predicted molar refractivity (Wildman–Crippen MR) is 73.7 cm³/mol. The molecule has 1 saturated carbocycles. The zero-order valence-corrected chi connectivity index (χ0v) is 12.1. The van der Waals surface area contributed by atoms with Crippen LogP contribution in [0, 0.1) is 5.92 Å². The second-order valence-electron chi connectivity index (χ2n) is 5.42. The molecule has 1 aromatic heterocycles. The van der Waals surface area contributed by atoms with Gasteiger partial charge in [0.25, 0.3) is 0 Å². The third-order valence-electron chi connectivity index (χ3n) is 4.16. The number of hydrogen-bond donors (Lipinski definition) is 1. The van der Waals surface area contributed by atoms with E-state index in [1.807, 2.05) is 11.6 Å². The third-order valence-corrected chi connectivity index (χ3v) is 4.44. The Balaban J connectivity index is 2.15. The lowest BCUT2D eigenvalue weighted by Gasteiger charge is -2.36. The van der Waals surface area contributed by atoms with Crippen molar-refractivity contribution in [2.45, 2.75) is 64.5 Å². The van der Waals surface area contributed by atoms with Gasteiger partial charge in [-0.05, 0) is 38.5 Å². The van der Waals surface area contributed by atoms with Gasteiger partial charge in [-0.25, -0.2) is 0 Å². The molecule has 1 N–H and O–H groups in total. The summed E-state index contributed by atoms with van der Waals surface area (Å²) in [5.74, 6) is 0.770. The van der Waals surface area contributed by atoms with Crippen LogP contribution in [-0.2, 0) is 12.1 Å². The maximum Gasteiger partial charge on any atom is 0.108 e. The van der Waals surface area contributed by atoms with E-state index in [1.165, 1.54) is 12.8 Å². The second-order valence-corrected chi connectivity index (χ2v) is 5.83. The molecule has 2 rings (SSSR count). The average Bonchev–Trinajstić information content (AvgIpc) is 2.75. The lowest BCUT2D eigenvalue weighted by molar-refractivity contribution is -0.0225. The normalized spacial score (nSPS) is 28.6. The summed E-state index contributed by atoms with van der Waals surface area (Å²) in [6, 6.07) is 0. The van der Waals surface area contributed by atoms with Gasteiger partial charge in [0.15, 0.2) is 0 Å². The van der Waals surface area contributed by atoms with Crippen molar-refractivity contribution in [2.24, 2.45) is 5.92 Å². The molecule has 1 fully saturated rings. The van der Waals surface area contributed by atoms with E-state index in [-0.39, 0.29) is 0 Å². The fourth-order valence-electron chi connectivity index (χ4n) is 3.15. The molecule has 0 aromatic carbocycles. The molecule has 0 saturated heterocycles. The number of aryl methyl sites for hydroxylation is 1. The summed E-state index contributed by atoms with van der Waals surface area (Å²) in [7, 11) is 0. The summed E-state index contributed by atoms with van der Waals surface area (Å²) in [4.78, 5) is 0. The van der Waals surface area contributed by atoms with Crippen molar-refractivity contribution in [3.05, 3.63) is 16.9 Å². The molecule has 1 aliphatic carbocycles. The lowest BCUT2D eigenvalue weighted by atomic mass is 9.75. The minimum Gasteiger partial charge on any atom is -0.384 e. The van der Waals surface area contributed by atoms with Crippen LogP contribution in [0.3, 0.4) is 0 Å². The van der Waals surface area contributed by atoms with Gasteiger partial charge in [0, 0.05) is 6.54 Å². The summed E-state index contributed by atoms with van der Waals surface area (Å²) in [5.41, 5.74) is 0.0509. The average molecular weight is 271 g/mol. The fraction of sp³-hybridized carbons (Fsp3) is 0.786. The number of aliphatic hydroxyl groups is 1. The highest BCUT2D eigenvalue weighted by molar-refractivity contribution is 6.31. The van der Waals surface area contributed by atoms with Crippen molar-refractivity contribution < 1.29 is 5.11 Å². The number of nitrogens with zero attached hydrogens (tertiary/aromatic N) is 2. The topological polar surface area (TPSA) is 38.1 Å². The van der Waals surface area contributed by atoms with Gasteiger partial charge in [0.2, 0.25) is 0 Å². The fourth-order valence-corrected chi connectivity index (χ4v) is 3.47. The first-order valence-corrected chi connectivity index (χ1v) is 7.42. The van der Waals surface area contributed by atoms with Crippen LogP contribution in [0.5, 0.6) is 0 Å². The minimum absolute atomic E-state index is 0.605. The summed E-state index contributed by atoms with van der Waals surface area (Å²) in [5, 5.41) is 15.7. The van der Waals surface area contributed by atoms with E-state index in [4.69, 9.17) is 11.6 Å². The van der Waals surface area contributed by atoms with Gasteiger partial charge in [-0.15, -0.1) is 0 Å². The Hall–Kier alpha value is -0.540. The van der Waals surface area contributed by atoms with Crippen LogP contribution in [0.2, 0.25) is 5.02 Å². The van der Waals surface area contributed by atoms with Gasteiger partial charge in [-0.1, -0.05) is 31.4 Å². The zero-order chi connectivity index (χ0) is 13.2. The molecule has 4 heteroatoms. The van der Waals surface area contributed by atoms with E-state index in [9.17, 15) is 5.11 Å². The van der Waals surface area contributed by atoms with E-state index in [2.05, 4.69) is 12.0 Å². The van der Waals surface area contributed by atoms with Gasteiger partial charge >= 0.3 is 0 Å². The maximum absolute atomic E-state index is 10.9. The molecule has 3 nitrogen and oxygen atoms in total. The molecule has 1 heterocycles. The van der Waals surface area contributed by atoms with Crippen LogP contribution in [0.15, 0.2) is 6.20 Å². The number of aromatic nitrogens is 2. The Bertz CT molecular complexity index is 394. The highest BCUT2D eigenvalue weighted by Gasteiger charge is 2.38. The molecule has 102 valence electrons. The molecule has 0 atom stereocenters. The van der Waals surface area contributed by atoms with Crippen LogP contribution in [0.1, 0.15) is 58.1 Å². The SMILES string of the molecule is CCCC1CCC(O)(c2c(Cl)cnn2CC)CC1. The van der Waals surface area contributed by atoms with Crippen LogP contribution in [-0.4, -0.2) is 14.9 Å². The van der Waals surface area contributed by atoms with Crippen molar-refractivity contribution in [1.29, 1.82) is 0 Å². The zero-order valence-electron chi connectivity index (χ0n) is 11.3. The largest absolute Gasteiger partial charge is 0.384 e. The molecular formula is C14H23ClN2O. The van der Waals surface area contributed by atoms with Crippen molar-refractivity contribution in [3.8, 4) is 0 Å². The first-order chi connectivity index (χ1) is 8.60. The predicted octanol–water partition coefficient (Wildman–Crippen LogP) is 3.73. The highest BCUT2D eigenvalue weighted by Crippen LogP contribution is 2.43. The van der Waals surface area contributed by atoms with Crippen LogP contribution >= 0.6 is 11.6 Å². The van der Waals surface area contributed by atoms with E-state index in [0.717, 1.165) is 43.8 Å². The second kappa shape index (κ2) is 5.62. The van der Waals surface area contributed by atoms with E-state index >= 15 is 0 Å². The number of hydrogen-bond acceptors (Lipinski definition) is 2. The van der Waals surface area contributed by atoms with E-state index < -0.39 is 5.60 Å². The molecule has 0 unspecified atom stereocenters. The van der Waals surface area contributed by atoms with Gasteiger partial charge in [-0.2, -0.15) is 5.10 Å². The quantitative estimate of drug-likeness (QED) is 0.905. The number of rotatable bonds is 4. The molecule has 0 bridgehead atoms. The Morgan fingerprint density at radius 2 is 2.11 bits per heavy atom. The van der Waals surface area contributed by atoms with Gasteiger partial charge in [0.1, 0.15) is 5.60 Å². The van der Waals surface area contributed by atoms with Crippen molar-refractivity contribution >= 4 is 11.6 Å². The van der Waals surface area contributed by atoms with Crippen LogP contribution < -0.4 is 0 Å². The molecule has 0 amide bonds. The summed E-state index contributed by atoms with van der Waals surface area (Å²) >= 11 is 6.20. The maximum atomic E-state index is 10.9. The van der Waals surface area contributed by atoms with Crippen molar-refractivity contribution in [3.63, 3.8) is 0 Å². The monoisotopic (exact) mass is 270 g/mol. The molecule has 18 heavy (non-hydrogen) atoms. The Morgan fingerprint density at radius 3 is 2.67 bits per heavy atom. The van der Waals surface area contributed by atoms with E-state index in [1.54, 1.807) is 6.20 Å². The summed E-state index contributed by atoms with van der Waals surface area (Å²) < 4.78 is 1.84. The van der Waals surface area contributed by atoms with Gasteiger partial charge in [0.05, 0.1) is 16.9 Å². The van der Waals surface area contributed by atoms with Gasteiger partial charge < -0.3 is 5.11 Å². The van der Waals surface area contributed by atoms with Crippen LogP contribution in [0.25, 0.3) is 0 Å². The first-order valence-electron chi connectivity index (χ1n) is 7.05. The molecule has 1 aliphatic rings. The third kappa shape index (κ3) is 2.57. The lowest BCUT2D eigenvalue weighted by Crippen LogP contribution is -2.34. The standard InChI is InChI=1S/C14H23ClN2O/c1-3-5-11-6-8-14(18,9-7-11)13-12(15)10-16-17(13)4-2/h10-11,18H,3-9H2,1-2H3. The van der Waals surface area contributed by atoms with Crippen molar-refractivity contribution in [2.75, 3.05) is 0 Å². The Labute approximate surface area is 114 Å². The number of halogens is 1. The van der Waals surface area contributed by atoms with Crippen LogP contribution in [0.4, 0.5) is 0 Å². The smallest absolute Gasteiger partial charge is 0.108 e. The molecule has 0 radical (unpaired) electrons. The van der Waals surface area contributed by atoms with Crippen molar-refractivity contribution in [1.82, 2.24) is 9.78 Å². The minimum atomic E-state index is -0.770. The highest BCUT2D eigenvalue weighted by atomic mass is 35.5. The van der Waals surface area contributed by atoms with Gasteiger partial charge in [-0.3, -0.25) is 4.68 Å². The van der Waals surface area contributed by atoms with E-state index in [0.29, 0.717) is 5.02 Å². The molecular weight excluding hydrogens is 248 g/mol. The first kappa shape index (κ1) is 13.9. The Morgan fingerprint density at radius 1 is 1.44 bits per heavy atom. The Kier molecular flexibility index (Phi) is 4.33. The molecule has 0 spiro atoms.